The second kappa shape index (κ2) is 8.45. The lowest BCUT2D eigenvalue weighted by Crippen LogP contribution is -2.28. The highest BCUT2D eigenvalue weighted by atomic mass is 16.2. The van der Waals surface area contributed by atoms with Crippen molar-refractivity contribution in [3.8, 4) is 0 Å². The molecule has 0 atom stereocenters. The number of carbonyl (C=O) groups excluding carboxylic acids is 1. The molecular weight excluding hydrogens is 336 g/mol. The van der Waals surface area contributed by atoms with Gasteiger partial charge in [0.15, 0.2) is 0 Å². The third-order valence-corrected chi connectivity index (χ3v) is 4.71. The second-order valence-corrected chi connectivity index (χ2v) is 6.63. The molecule has 0 spiro atoms. The summed E-state index contributed by atoms with van der Waals surface area (Å²) in [5, 5.41) is 3.32. The van der Waals surface area contributed by atoms with Crippen molar-refractivity contribution in [2.75, 3.05) is 18.9 Å². The molecule has 0 bridgehead atoms. The zero-order valence-electron chi connectivity index (χ0n) is 15.9. The highest BCUT2D eigenvalue weighted by molar-refractivity contribution is 5.94. The number of nitrogens with one attached hydrogen (secondary N) is 1. The first-order valence-electron chi connectivity index (χ1n) is 8.98. The van der Waals surface area contributed by atoms with Crippen LogP contribution in [0.3, 0.4) is 0 Å². The average molecular weight is 360 g/mol. The first-order valence-corrected chi connectivity index (χ1v) is 8.98. The number of rotatable bonds is 6. The van der Waals surface area contributed by atoms with E-state index in [2.05, 4.69) is 35.2 Å². The number of aryl methyl sites for hydroxylation is 1. The maximum Gasteiger partial charge on any atom is 0.253 e. The first kappa shape index (κ1) is 18.6. The molecule has 0 unspecified atom stereocenters. The van der Waals surface area contributed by atoms with E-state index in [0.29, 0.717) is 17.9 Å². The number of amides is 1. The van der Waals surface area contributed by atoms with E-state index in [-0.39, 0.29) is 5.91 Å². The van der Waals surface area contributed by atoms with Gasteiger partial charge in [-0.25, -0.2) is 4.98 Å². The molecule has 0 fully saturated rings. The highest BCUT2D eigenvalue weighted by Gasteiger charge is 2.13. The third-order valence-electron chi connectivity index (χ3n) is 4.71. The van der Waals surface area contributed by atoms with E-state index < -0.39 is 0 Å². The lowest BCUT2D eigenvalue weighted by molar-refractivity contribution is 0.0796. The number of nitrogens with zero attached hydrogens (tertiary/aromatic N) is 3. The van der Waals surface area contributed by atoms with E-state index in [0.717, 1.165) is 17.7 Å². The summed E-state index contributed by atoms with van der Waals surface area (Å²) in [6.45, 7) is 4.79. The van der Waals surface area contributed by atoms with Crippen LogP contribution in [0.5, 0.6) is 0 Å². The summed E-state index contributed by atoms with van der Waals surface area (Å²) < 4.78 is 0. The molecule has 0 aliphatic heterocycles. The van der Waals surface area contributed by atoms with Crippen molar-refractivity contribution in [2.45, 2.75) is 20.3 Å². The van der Waals surface area contributed by atoms with Crippen LogP contribution in [-0.2, 0) is 6.42 Å². The van der Waals surface area contributed by atoms with Gasteiger partial charge in [-0.3, -0.25) is 9.78 Å². The Morgan fingerprint density at radius 3 is 2.63 bits per heavy atom. The minimum atomic E-state index is -0.0181. The monoisotopic (exact) mass is 360 g/mol. The van der Waals surface area contributed by atoms with Crippen LogP contribution in [-0.4, -0.2) is 34.4 Å². The van der Waals surface area contributed by atoms with Gasteiger partial charge in [-0.05, 0) is 67.3 Å². The van der Waals surface area contributed by atoms with Crippen LogP contribution in [0, 0.1) is 13.8 Å². The van der Waals surface area contributed by atoms with Gasteiger partial charge in [0.2, 0.25) is 0 Å². The molecule has 0 aliphatic rings. The zero-order valence-corrected chi connectivity index (χ0v) is 15.9. The van der Waals surface area contributed by atoms with Gasteiger partial charge in [0.1, 0.15) is 5.82 Å². The number of hydrogen-bond acceptors (Lipinski definition) is 4. The molecular formula is C22H24N4O. The zero-order chi connectivity index (χ0) is 19.2. The number of anilines is 2. The Morgan fingerprint density at radius 2 is 1.85 bits per heavy atom. The molecule has 5 heteroatoms. The minimum absolute atomic E-state index is 0.0181. The molecule has 2 heterocycles. The number of pyridine rings is 2. The van der Waals surface area contributed by atoms with E-state index >= 15 is 0 Å². The molecule has 3 aromatic rings. The summed E-state index contributed by atoms with van der Waals surface area (Å²) in [5.41, 5.74) is 5.17. The van der Waals surface area contributed by atoms with Crippen LogP contribution in [0.25, 0.3) is 0 Å². The van der Waals surface area contributed by atoms with E-state index in [4.69, 9.17) is 0 Å². The second-order valence-electron chi connectivity index (χ2n) is 6.63. The lowest BCUT2D eigenvalue weighted by atomic mass is 10.1. The Kier molecular flexibility index (Phi) is 5.81. The number of likely N-dealkylation sites (N-methyl/N-ethyl adjacent to an activating group) is 1. The summed E-state index contributed by atoms with van der Waals surface area (Å²) in [6, 6.07) is 13.6. The number of carbonyl (C=O) groups is 1. The molecule has 3 rings (SSSR count). The molecule has 2 aromatic heterocycles. The van der Waals surface area contributed by atoms with Crippen molar-refractivity contribution in [1.82, 2.24) is 14.9 Å². The van der Waals surface area contributed by atoms with Crippen LogP contribution in [0.15, 0.2) is 61.1 Å². The van der Waals surface area contributed by atoms with Crippen molar-refractivity contribution in [3.05, 3.63) is 83.3 Å². The van der Waals surface area contributed by atoms with E-state index in [1.807, 2.05) is 31.3 Å². The van der Waals surface area contributed by atoms with Gasteiger partial charge in [0.05, 0.1) is 0 Å². The third kappa shape index (κ3) is 4.70. The van der Waals surface area contributed by atoms with E-state index in [1.165, 1.54) is 11.1 Å². The van der Waals surface area contributed by atoms with Crippen molar-refractivity contribution in [2.24, 2.45) is 0 Å². The SMILES string of the molecule is Cc1cccc(Nc2cc(C(=O)N(C)CCc3ccncc3)ccn2)c1C. The van der Waals surface area contributed by atoms with Crippen molar-refractivity contribution >= 4 is 17.4 Å². The van der Waals surface area contributed by atoms with Gasteiger partial charge in [-0.15, -0.1) is 0 Å². The van der Waals surface area contributed by atoms with Gasteiger partial charge in [-0.2, -0.15) is 0 Å². The predicted octanol–water partition coefficient (Wildman–Crippen LogP) is 4.15. The van der Waals surface area contributed by atoms with Crippen LogP contribution < -0.4 is 5.32 Å². The standard InChI is InChI=1S/C22H24N4O/c1-16-5-4-6-20(17(16)2)25-21-15-19(9-13-24-21)22(27)26(3)14-10-18-7-11-23-12-8-18/h4-9,11-13,15H,10,14H2,1-3H3,(H,24,25). The minimum Gasteiger partial charge on any atom is -0.341 e. The fraction of sp³-hybridized carbons (Fsp3) is 0.227. The van der Waals surface area contributed by atoms with E-state index in [1.54, 1.807) is 35.6 Å². The summed E-state index contributed by atoms with van der Waals surface area (Å²) >= 11 is 0. The largest absolute Gasteiger partial charge is 0.341 e. The summed E-state index contributed by atoms with van der Waals surface area (Å²) in [4.78, 5) is 22.9. The number of aromatic nitrogens is 2. The Hall–Kier alpha value is -3.21. The van der Waals surface area contributed by atoms with Crippen LogP contribution in [0.1, 0.15) is 27.0 Å². The quantitative estimate of drug-likeness (QED) is 0.717. The Morgan fingerprint density at radius 1 is 1.07 bits per heavy atom. The van der Waals surface area contributed by atoms with Gasteiger partial charge < -0.3 is 10.2 Å². The molecule has 27 heavy (non-hydrogen) atoms. The van der Waals surface area contributed by atoms with Gasteiger partial charge in [0.25, 0.3) is 5.91 Å². The molecule has 0 radical (unpaired) electrons. The molecule has 1 aromatic carbocycles. The number of benzene rings is 1. The molecule has 5 nitrogen and oxygen atoms in total. The van der Waals surface area contributed by atoms with Crippen molar-refractivity contribution in [3.63, 3.8) is 0 Å². The summed E-state index contributed by atoms with van der Waals surface area (Å²) in [5.74, 6) is 0.646. The number of hydrogen-bond donors (Lipinski definition) is 1. The van der Waals surface area contributed by atoms with Gasteiger partial charge in [-0.1, -0.05) is 12.1 Å². The normalized spacial score (nSPS) is 10.5. The van der Waals surface area contributed by atoms with Crippen LogP contribution >= 0.6 is 0 Å². The lowest BCUT2D eigenvalue weighted by Gasteiger charge is -2.18. The average Bonchev–Trinajstić information content (AvgIpc) is 2.70. The van der Waals surface area contributed by atoms with Crippen molar-refractivity contribution in [1.29, 1.82) is 0 Å². The maximum absolute atomic E-state index is 12.7. The fourth-order valence-corrected chi connectivity index (χ4v) is 2.82. The fourth-order valence-electron chi connectivity index (χ4n) is 2.82. The summed E-state index contributed by atoms with van der Waals surface area (Å²) in [7, 11) is 1.82. The van der Waals surface area contributed by atoms with Crippen LogP contribution in [0.2, 0.25) is 0 Å². The van der Waals surface area contributed by atoms with Gasteiger partial charge >= 0.3 is 0 Å². The molecule has 0 saturated carbocycles. The topological polar surface area (TPSA) is 58.1 Å². The first-order chi connectivity index (χ1) is 13.0. The summed E-state index contributed by atoms with van der Waals surface area (Å²) in [6.07, 6.45) is 6.00. The predicted molar refractivity (Wildman–Crippen MR) is 108 cm³/mol. The smallest absolute Gasteiger partial charge is 0.253 e. The maximum atomic E-state index is 12.7. The van der Waals surface area contributed by atoms with E-state index in [9.17, 15) is 4.79 Å². The Balaban J connectivity index is 1.68. The molecule has 138 valence electrons. The highest BCUT2D eigenvalue weighted by Crippen LogP contribution is 2.22. The molecule has 0 aliphatic carbocycles. The molecule has 1 amide bonds. The Bertz CT molecular complexity index is 925. The molecule has 0 saturated heterocycles. The Labute approximate surface area is 160 Å². The molecule has 1 N–H and O–H groups in total. The van der Waals surface area contributed by atoms with Gasteiger partial charge in [0, 0.05) is 43.4 Å². The van der Waals surface area contributed by atoms with Crippen molar-refractivity contribution < 1.29 is 4.79 Å². The van der Waals surface area contributed by atoms with Crippen LogP contribution in [0.4, 0.5) is 11.5 Å².